The number of carbonyl (C=O) groups excluding carboxylic acids is 2. The maximum atomic E-state index is 12.8. The molecule has 1 saturated heterocycles. The van der Waals surface area contributed by atoms with Gasteiger partial charge in [-0.25, -0.2) is 4.79 Å². The van der Waals surface area contributed by atoms with Gasteiger partial charge in [0.15, 0.2) is 0 Å². The van der Waals surface area contributed by atoms with E-state index in [2.05, 4.69) is 4.98 Å². The van der Waals surface area contributed by atoms with Crippen LogP contribution in [0.2, 0.25) is 0 Å². The van der Waals surface area contributed by atoms with E-state index < -0.39 is 29.4 Å². The van der Waals surface area contributed by atoms with Crippen molar-refractivity contribution in [3.8, 4) is 5.75 Å². The summed E-state index contributed by atoms with van der Waals surface area (Å²) in [5, 5.41) is 10.9. The minimum atomic E-state index is -0.925. The highest BCUT2D eigenvalue weighted by molar-refractivity contribution is 5.84. The third kappa shape index (κ3) is 3.85. The van der Waals surface area contributed by atoms with E-state index in [9.17, 15) is 14.7 Å². The van der Waals surface area contributed by atoms with E-state index in [1.807, 2.05) is 0 Å². The van der Waals surface area contributed by atoms with E-state index in [4.69, 9.17) is 9.47 Å². The predicted molar refractivity (Wildman–Crippen MR) is 97.2 cm³/mol. The molecule has 0 bridgehead atoms. The number of carbonyl (C=O) groups is 2. The van der Waals surface area contributed by atoms with Crippen molar-refractivity contribution in [3.05, 3.63) is 24.0 Å². The summed E-state index contributed by atoms with van der Waals surface area (Å²) in [5.41, 5.74) is -0.812. The van der Waals surface area contributed by atoms with Crippen LogP contribution in [0.4, 0.5) is 4.79 Å². The lowest BCUT2D eigenvalue weighted by atomic mass is 9.86. The summed E-state index contributed by atoms with van der Waals surface area (Å²) >= 11 is 0. The average molecular weight is 377 g/mol. The zero-order chi connectivity index (χ0) is 20.0. The molecule has 1 aromatic rings. The van der Waals surface area contributed by atoms with Gasteiger partial charge in [0.25, 0.3) is 0 Å². The van der Waals surface area contributed by atoms with Gasteiger partial charge in [0.05, 0.1) is 6.04 Å². The summed E-state index contributed by atoms with van der Waals surface area (Å²) in [4.78, 5) is 32.2. The molecule has 8 nitrogen and oxygen atoms in total. The molecule has 148 valence electrons. The summed E-state index contributed by atoms with van der Waals surface area (Å²) in [5.74, 6) is 0.358. The molecule has 0 radical (unpaired) electrons. The number of amides is 2. The summed E-state index contributed by atoms with van der Waals surface area (Å²) in [6, 6.07) is 1.16. The van der Waals surface area contributed by atoms with Gasteiger partial charge < -0.3 is 19.5 Å². The van der Waals surface area contributed by atoms with Crippen LogP contribution < -0.4 is 4.74 Å². The number of aromatic nitrogens is 1. The molecule has 1 N–H and O–H groups in total. The molecule has 0 aromatic carbocycles. The van der Waals surface area contributed by atoms with Crippen molar-refractivity contribution in [1.82, 2.24) is 14.8 Å². The molecule has 2 aliphatic rings. The van der Waals surface area contributed by atoms with Crippen molar-refractivity contribution in [1.29, 1.82) is 0 Å². The quantitative estimate of drug-likeness (QED) is 0.801. The van der Waals surface area contributed by atoms with Crippen LogP contribution in [0.25, 0.3) is 0 Å². The molecule has 27 heavy (non-hydrogen) atoms. The Bertz CT molecular complexity index is 743. The van der Waals surface area contributed by atoms with Crippen molar-refractivity contribution >= 4 is 12.0 Å². The lowest BCUT2D eigenvalue weighted by molar-refractivity contribution is -0.150. The summed E-state index contributed by atoms with van der Waals surface area (Å²) in [6.45, 7) is 9.47. The summed E-state index contributed by atoms with van der Waals surface area (Å²) in [7, 11) is 0. The van der Waals surface area contributed by atoms with Gasteiger partial charge in [-0.05, 0) is 40.7 Å². The topological polar surface area (TPSA) is 92.2 Å². The number of fused-ring (bicyclic) bond motifs is 1. The average Bonchev–Trinajstić information content (AvgIpc) is 2.55. The van der Waals surface area contributed by atoms with Gasteiger partial charge in [-0.1, -0.05) is 0 Å². The number of hydrogen-bond donors (Lipinski definition) is 1. The third-order valence-corrected chi connectivity index (χ3v) is 4.76. The van der Waals surface area contributed by atoms with Gasteiger partial charge in [-0.2, -0.15) is 0 Å². The number of nitrogens with zero attached hydrogens (tertiary/aromatic N) is 3. The van der Waals surface area contributed by atoms with Crippen LogP contribution in [0.15, 0.2) is 18.5 Å². The molecule has 3 rings (SSSR count). The SMILES string of the molecule is CC(C)(C)OC(=O)N1CCN([C@@H]2c3cnccc3OC(C)(C)[C@H]2O)C(=O)C1. The normalized spacial score (nSPS) is 24.9. The Balaban J connectivity index is 1.81. The smallest absolute Gasteiger partial charge is 0.410 e. The first kappa shape index (κ1) is 19.4. The van der Waals surface area contributed by atoms with Gasteiger partial charge in [0, 0.05) is 31.0 Å². The van der Waals surface area contributed by atoms with E-state index in [1.54, 1.807) is 58.0 Å². The van der Waals surface area contributed by atoms with Gasteiger partial charge in [0.1, 0.15) is 29.6 Å². The maximum absolute atomic E-state index is 12.8. The van der Waals surface area contributed by atoms with Crippen molar-refractivity contribution in [3.63, 3.8) is 0 Å². The zero-order valence-electron chi connectivity index (χ0n) is 16.4. The molecule has 0 saturated carbocycles. The zero-order valence-corrected chi connectivity index (χ0v) is 16.4. The number of piperazine rings is 1. The highest BCUT2D eigenvalue weighted by atomic mass is 16.6. The molecule has 2 amide bonds. The standard InChI is InChI=1S/C19H27N3O5/c1-18(2,3)27-17(25)21-8-9-22(14(23)11-21)15-12-10-20-7-6-13(12)26-19(4,5)16(15)24/h6-7,10,15-16,24H,8-9,11H2,1-5H3/t15-,16+/m1/s1. The number of aliphatic hydroxyl groups is 1. The van der Waals surface area contributed by atoms with Crippen LogP contribution in [0.3, 0.4) is 0 Å². The Morgan fingerprint density at radius 3 is 2.70 bits per heavy atom. The Hall–Kier alpha value is -2.35. The van der Waals surface area contributed by atoms with Gasteiger partial charge in [-0.3, -0.25) is 14.7 Å². The van der Waals surface area contributed by atoms with Gasteiger partial charge in [-0.15, -0.1) is 0 Å². The van der Waals surface area contributed by atoms with Gasteiger partial charge >= 0.3 is 6.09 Å². The van der Waals surface area contributed by atoms with Crippen LogP contribution in [0.1, 0.15) is 46.2 Å². The number of pyridine rings is 1. The molecular weight excluding hydrogens is 350 g/mol. The van der Waals surface area contributed by atoms with Crippen LogP contribution in [0.5, 0.6) is 5.75 Å². The van der Waals surface area contributed by atoms with Crippen molar-refractivity contribution in [2.75, 3.05) is 19.6 Å². The van der Waals surface area contributed by atoms with Crippen LogP contribution in [0, 0.1) is 0 Å². The van der Waals surface area contributed by atoms with Crippen LogP contribution >= 0.6 is 0 Å². The second kappa shape index (κ2) is 6.67. The molecule has 2 atom stereocenters. The van der Waals surface area contributed by atoms with E-state index in [0.717, 1.165) is 0 Å². The Morgan fingerprint density at radius 2 is 2.07 bits per heavy atom. The molecule has 2 aliphatic heterocycles. The van der Waals surface area contributed by atoms with Crippen molar-refractivity contribution in [2.24, 2.45) is 0 Å². The molecule has 0 unspecified atom stereocenters. The second-order valence-electron chi connectivity index (χ2n) is 8.50. The number of ether oxygens (including phenoxy) is 2. The fourth-order valence-corrected chi connectivity index (χ4v) is 3.40. The molecular formula is C19H27N3O5. The van der Waals surface area contributed by atoms with Crippen LogP contribution in [-0.4, -0.2) is 68.8 Å². The second-order valence-corrected chi connectivity index (χ2v) is 8.50. The van der Waals surface area contributed by atoms with E-state index in [-0.39, 0.29) is 12.5 Å². The summed E-state index contributed by atoms with van der Waals surface area (Å²) < 4.78 is 11.2. The Morgan fingerprint density at radius 1 is 1.37 bits per heavy atom. The first-order chi connectivity index (χ1) is 12.5. The van der Waals surface area contributed by atoms with Gasteiger partial charge in [0.2, 0.25) is 5.91 Å². The lowest BCUT2D eigenvalue weighted by Gasteiger charge is -2.48. The molecule has 0 aliphatic carbocycles. The fourth-order valence-electron chi connectivity index (χ4n) is 3.40. The predicted octanol–water partition coefficient (Wildman–Crippen LogP) is 1.73. The number of rotatable bonds is 1. The minimum absolute atomic E-state index is 0.0883. The van der Waals surface area contributed by atoms with Crippen molar-refractivity contribution < 1.29 is 24.2 Å². The molecule has 3 heterocycles. The number of aliphatic hydroxyl groups excluding tert-OH is 1. The lowest BCUT2D eigenvalue weighted by Crippen LogP contribution is -2.60. The highest BCUT2D eigenvalue weighted by Gasteiger charge is 2.48. The maximum Gasteiger partial charge on any atom is 0.410 e. The fraction of sp³-hybridized carbons (Fsp3) is 0.632. The van der Waals surface area contributed by atoms with E-state index in [0.29, 0.717) is 24.4 Å². The monoisotopic (exact) mass is 377 g/mol. The summed E-state index contributed by atoms with van der Waals surface area (Å²) in [6.07, 6.45) is 1.80. The minimum Gasteiger partial charge on any atom is -0.485 e. The first-order valence-corrected chi connectivity index (χ1v) is 9.08. The van der Waals surface area contributed by atoms with E-state index >= 15 is 0 Å². The Labute approximate surface area is 159 Å². The third-order valence-electron chi connectivity index (χ3n) is 4.76. The largest absolute Gasteiger partial charge is 0.485 e. The molecule has 8 heteroatoms. The number of hydrogen-bond acceptors (Lipinski definition) is 6. The molecule has 1 fully saturated rings. The highest BCUT2D eigenvalue weighted by Crippen LogP contribution is 2.42. The molecule has 0 spiro atoms. The van der Waals surface area contributed by atoms with Crippen molar-refractivity contribution in [2.45, 2.75) is 58.0 Å². The first-order valence-electron chi connectivity index (χ1n) is 9.08. The van der Waals surface area contributed by atoms with Crippen LogP contribution in [-0.2, 0) is 9.53 Å². The Kier molecular flexibility index (Phi) is 4.80. The molecule has 1 aromatic heterocycles. The van der Waals surface area contributed by atoms with E-state index in [1.165, 1.54) is 4.90 Å².